The van der Waals surface area contributed by atoms with Crippen molar-refractivity contribution in [2.75, 3.05) is 27.9 Å². The fourth-order valence-corrected chi connectivity index (χ4v) is 2.52. The number of methoxy groups -OCH3 is 3. The van der Waals surface area contributed by atoms with E-state index >= 15 is 0 Å². The molecule has 0 radical (unpaired) electrons. The fourth-order valence-electron chi connectivity index (χ4n) is 2.52. The van der Waals surface area contributed by atoms with Gasteiger partial charge in [-0.1, -0.05) is 0 Å². The largest absolute Gasteiger partial charge is 0.493 e. The molecule has 1 atom stereocenters. The van der Waals surface area contributed by atoms with Crippen molar-refractivity contribution in [3.63, 3.8) is 0 Å². The fraction of sp³-hybridized carbons (Fsp3) is 0.533. The van der Waals surface area contributed by atoms with Gasteiger partial charge in [0, 0.05) is 12.1 Å². The van der Waals surface area contributed by atoms with E-state index in [1.54, 1.807) is 27.4 Å². The third kappa shape index (κ3) is 3.96. The molecule has 2 rings (SSSR count). The summed E-state index contributed by atoms with van der Waals surface area (Å²) in [5.41, 5.74) is 0.849. The van der Waals surface area contributed by atoms with E-state index in [0.29, 0.717) is 23.8 Å². The smallest absolute Gasteiger partial charge is 0.237 e. The number of hydrogen-bond acceptors (Lipinski definition) is 5. The molecule has 2 N–H and O–H groups in total. The Labute approximate surface area is 136 Å². The van der Waals surface area contributed by atoms with Crippen LogP contribution in [0.2, 0.25) is 0 Å². The Balaban J connectivity index is 0.00000242. The Bertz CT molecular complexity index is 505. The topological polar surface area (TPSA) is 68.8 Å². The Morgan fingerprint density at radius 2 is 1.95 bits per heavy atom. The maximum absolute atomic E-state index is 12.0. The van der Waals surface area contributed by atoms with Gasteiger partial charge in [-0.3, -0.25) is 4.79 Å². The molecule has 7 heteroatoms. The number of rotatable bonds is 6. The second kappa shape index (κ2) is 8.70. The lowest BCUT2D eigenvalue weighted by atomic mass is 10.1. The highest BCUT2D eigenvalue weighted by Gasteiger charge is 2.22. The number of ether oxygens (including phenoxy) is 3. The predicted octanol–water partition coefficient (Wildman–Crippen LogP) is 1.50. The second-order valence-electron chi connectivity index (χ2n) is 4.86. The van der Waals surface area contributed by atoms with Crippen molar-refractivity contribution in [2.45, 2.75) is 25.4 Å². The molecular formula is C15H23ClN2O4. The summed E-state index contributed by atoms with van der Waals surface area (Å²) in [5.74, 6) is 1.73. The third-order valence-electron chi connectivity index (χ3n) is 3.62. The van der Waals surface area contributed by atoms with Crippen molar-refractivity contribution in [1.29, 1.82) is 0 Å². The minimum absolute atomic E-state index is 0. The van der Waals surface area contributed by atoms with Crippen LogP contribution >= 0.6 is 12.4 Å². The van der Waals surface area contributed by atoms with Crippen LogP contribution in [0.1, 0.15) is 18.4 Å². The average molecular weight is 331 g/mol. The maximum atomic E-state index is 12.0. The minimum atomic E-state index is -0.0869. The van der Waals surface area contributed by atoms with E-state index < -0.39 is 0 Å². The van der Waals surface area contributed by atoms with E-state index in [9.17, 15) is 4.79 Å². The van der Waals surface area contributed by atoms with Crippen molar-refractivity contribution in [1.82, 2.24) is 10.6 Å². The zero-order valence-corrected chi connectivity index (χ0v) is 13.9. The molecule has 0 bridgehead atoms. The number of nitrogens with one attached hydrogen (secondary N) is 2. The van der Waals surface area contributed by atoms with Gasteiger partial charge >= 0.3 is 0 Å². The lowest BCUT2D eigenvalue weighted by Gasteiger charge is -2.17. The molecule has 1 aliphatic rings. The second-order valence-corrected chi connectivity index (χ2v) is 4.86. The molecule has 1 aliphatic heterocycles. The molecule has 0 saturated carbocycles. The summed E-state index contributed by atoms with van der Waals surface area (Å²) >= 11 is 0. The van der Waals surface area contributed by atoms with Crippen LogP contribution in [0.5, 0.6) is 17.2 Å². The van der Waals surface area contributed by atoms with Crippen LogP contribution in [0.4, 0.5) is 0 Å². The first kappa shape index (κ1) is 18.4. The Kier molecular flexibility index (Phi) is 7.27. The van der Waals surface area contributed by atoms with E-state index in [4.69, 9.17) is 14.2 Å². The number of halogens is 1. The molecule has 1 heterocycles. The van der Waals surface area contributed by atoms with Gasteiger partial charge in [0.25, 0.3) is 0 Å². The van der Waals surface area contributed by atoms with Crippen molar-refractivity contribution in [3.05, 3.63) is 17.7 Å². The van der Waals surface area contributed by atoms with Crippen molar-refractivity contribution < 1.29 is 19.0 Å². The predicted molar refractivity (Wildman–Crippen MR) is 86.2 cm³/mol. The lowest BCUT2D eigenvalue weighted by Crippen LogP contribution is -2.40. The van der Waals surface area contributed by atoms with E-state index in [2.05, 4.69) is 10.6 Å². The third-order valence-corrected chi connectivity index (χ3v) is 3.62. The van der Waals surface area contributed by atoms with Gasteiger partial charge in [0.05, 0.1) is 27.4 Å². The maximum Gasteiger partial charge on any atom is 0.237 e. The summed E-state index contributed by atoms with van der Waals surface area (Å²) in [5, 5.41) is 6.10. The molecule has 1 unspecified atom stereocenters. The Morgan fingerprint density at radius 1 is 1.23 bits per heavy atom. The van der Waals surface area contributed by atoms with Gasteiger partial charge < -0.3 is 24.8 Å². The van der Waals surface area contributed by atoms with E-state index in [-0.39, 0.29) is 24.4 Å². The summed E-state index contributed by atoms with van der Waals surface area (Å²) in [6.07, 6.45) is 1.92. The number of benzene rings is 1. The van der Waals surface area contributed by atoms with E-state index in [1.165, 1.54) is 0 Å². The van der Waals surface area contributed by atoms with Gasteiger partial charge in [-0.2, -0.15) is 0 Å². The highest BCUT2D eigenvalue weighted by molar-refractivity contribution is 5.85. The van der Waals surface area contributed by atoms with Gasteiger partial charge in [-0.25, -0.2) is 0 Å². The normalized spacial score (nSPS) is 16.6. The lowest BCUT2D eigenvalue weighted by molar-refractivity contribution is -0.122. The molecule has 0 aliphatic carbocycles. The zero-order valence-electron chi connectivity index (χ0n) is 13.1. The quantitative estimate of drug-likeness (QED) is 0.827. The van der Waals surface area contributed by atoms with Crippen LogP contribution in [-0.4, -0.2) is 39.8 Å². The summed E-state index contributed by atoms with van der Waals surface area (Å²) in [6, 6.07) is 3.58. The first-order valence-corrected chi connectivity index (χ1v) is 7.00. The first-order valence-electron chi connectivity index (χ1n) is 7.00. The molecule has 1 aromatic carbocycles. The molecule has 1 fully saturated rings. The van der Waals surface area contributed by atoms with Crippen LogP contribution in [0.25, 0.3) is 0 Å². The minimum Gasteiger partial charge on any atom is -0.493 e. The first-order chi connectivity index (χ1) is 10.2. The van der Waals surface area contributed by atoms with Gasteiger partial charge in [-0.05, 0) is 31.5 Å². The molecule has 22 heavy (non-hydrogen) atoms. The van der Waals surface area contributed by atoms with Crippen LogP contribution in [0, 0.1) is 0 Å². The Morgan fingerprint density at radius 3 is 2.50 bits per heavy atom. The molecule has 124 valence electrons. The summed E-state index contributed by atoms with van der Waals surface area (Å²) in [7, 11) is 4.71. The highest BCUT2D eigenvalue weighted by atomic mass is 35.5. The van der Waals surface area contributed by atoms with Gasteiger partial charge in [-0.15, -0.1) is 12.4 Å². The molecular weight excluding hydrogens is 308 g/mol. The highest BCUT2D eigenvalue weighted by Crippen LogP contribution is 2.39. The van der Waals surface area contributed by atoms with Crippen LogP contribution < -0.4 is 24.8 Å². The number of carbonyl (C=O) groups excluding carboxylic acids is 1. The number of carbonyl (C=O) groups is 1. The van der Waals surface area contributed by atoms with Gasteiger partial charge in [0.1, 0.15) is 0 Å². The molecule has 0 aromatic heterocycles. The van der Waals surface area contributed by atoms with E-state index in [1.807, 2.05) is 6.07 Å². The van der Waals surface area contributed by atoms with Gasteiger partial charge in [0.15, 0.2) is 11.5 Å². The molecule has 6 nitrogen and oxygen atoms in total. The molecule has 1 amide bonds. The number of hydrogen-bond donors (Lipinski definition) is 2. The van der Waals surface area contributed by atoms with Gasteiger partial charge in [0.2, 0.25) is 11.7 Å². The van der Waals surface area contributed by atoms with Crippen LogP contribution in [0.3, 0.4) is 0 Å². The van der Waals surface area contributed by atoms with Crippen LogP contribution in [0.15, 0.2) is 12.1 Å². The standard InChI is InChI=1S/C15H22N2O4.ClH/c1-19-12-7-6-10(13(20-2)14(12)21-3)9-17-15(18)11-5-4-8-16-11;/h6-7,11,16H,4-5,8-9H2,1-3H3,(H,17,18);1H. The summed E-state index contributed by atoms with van der Waals surface area (Å²) in [6.45, 7) is 1.29. The molecule has 1 saturated heterocycles. The van der Waals surface area contributed by atoms with E-state index in [0.717, 1.165) is 24.9 Å². The van der Waals surface area contributed by atoms with Crippen molar-refractivity contribution in [2.24, 2.45) is 0 Å². The van der Waals surface area contributed by atoms with Crippen LogP contribution in [-0.2, 0) is 11.3 Å². The molecule has 1 aromatic rings. The average Bonchev–Trinajstić information content (AvgIpc) is 3.05. The Hall–Kier alpha value is -1.66. The van der Waals surface area contributed by atoms with Crippen molar-refractivity contribution in [3.8, 4) is 17.2 Å². The van der Waals surface area contributed by atoms with Crippen molar-refractivity contribution >= 4 is 18.3 Å². The summed E-state index contributed by atoms with van der Waals surface area (Å²) in [4.78, 5) is 12.0. The summed E-state index contributed by atoms with van der Waals surface area (Å²) < 4.78 is 16.0. The monoisotopic (exact) mass is 330 g/mol. The molecule has 0 spiro atoms. The zero-order chi connectivity index (χ0) is 15.2. The SMILES string of the molecule is COc1ccc(CNC(=O)C2CCCN2)c(OC)c1OC.Cl. The number of amides is 1.